The number of anilines is 1. The molecule has 34 heavy (non-hydrogen) atoms. The number of sulfonamides is 1. The standard InChI is InChI=1S/C24H32N4O5S/c1-5-18-6-8-19(9-7-18)24(30)28-14-12-27(13-15-28)17-23(29)25-20-10-11-21(33-4)22(16-20)34(31,32)26(2)3/h6-11,16H,5,12-15,17H2,1-4H3,(H,25,29). The van der Waals surface area contributed by atoms with Crippen LogP contribution in [0.1, 0.15) is 22.8 Å². The number of piperazine rings is 1. The minimum Gasteiger partial charge on any atom is -0.495 e. The summed E-state index contributed by atoms with van der Waals surface area (Å²) in [6, 6.07) is 12.2. The molecule has 1 saturated heterocycles. The van der Waals surface area contributed by atoms with Crippen LogP contribution in [0.3, 0.4) is 0 Å². The number of nitrogens with one attached hydrogen (secondary N) is 1. The maximum atomic E-state index is 12.7. The highest BCUT2D eigenvalue weighted by molar-refractivity contribution is 7.89. The van der Waals surface area contributed by atoms with Gasteiger partial charge in [-0.3, -0.25) is 14.5 Å². The average molecular weight is 489 g/mol. The summed E-state index contributed by atoms with van der Waals surface area (Å²) in [5.41, 5.74) is 2.23. The Hall–Kier alpha value is -2.95. The molecule has 2 aromatic rings. The van der Waals surface area contributed by atoms with Gasteiger partial charge in [-0.2, -0.15) is 0 Å². The molecule has 0 unspecified atom stereocenters. The van der Waals surface area contributed by atoms with Gasteiger partial charge in [0, 0.05) is 51.5 Å². The summed E-state index contributed by atoms with van der Waals surface area (Å²) in [5, 5.41) is 2.76. The molecule has 0 aromatic heterocycles. The number of hydrogen-bond acceptors (Lipinski definition) is 6. The van der Waals surface area contributed by atoms with Gasteiger partial charge < -0.3 is 15.0 Å². The summed E-state index contributed by atoms with van der Waals surface area (Å²) in [5.74, 6) is -0.0512. The quantitative estimate of drug-likeness (QED) is 0.609. The zero-order valence-corrected chi connectivity index (χ0v) is 20.9. The number of amides is 2. The minimum atomic E-state index is -3.74. The normalized spacial score (nSPS) is 14.8. The molecule has 1 aliphatic rings. The molecule has 3 rings (SSSR count). The Kier molecular flexibility index (Phi) is 8.29. The number of benzene rings is 2. The molecule has 184 valence electrons. The topological polar surface area (TPSA) is 99.3 Å². The van der Waals surface area contributed by atoms with Crippen LogP contribution in [0, 0.1) is 0 Å². The number of ether oxygens (including phenoxy) is 1. The smallest absolute Gasteiger partial charge is 0.253 e. The lowest BCUT2D eigenvalue weighted by Crippen LogP contribution is -2.50. The van der Waals surface area contributed by atoms with E-state index in [9.17, 15) is 18.0 Å². The highest BCUT2D eigenvalue weighted by Gasteiger charge is 2.25. The van der Waals surface area contributed by atoms with Gasteiger partial charge in [0.15, 0.2) is 0 Å². The van der Waals surface area contributed by atoms with Crippen molar-refractivity contribution in [3.05, 3.63) is 53.6 Å². The maximum Gasteiger partial charge on any atom is 0.253 e. The van der Waals surface area contributed by atoms with E-state index in [1.807, 2.05) is 29.2 Å². The van der Waals surface area contributed by atoms with Crippen LogP contribution in [0.2, 0.25) is 0 Å². The lowest BCUT2D eigenvalue weighted by Gasteiger charge is -2.34. The van der Waals surface area contributed by atoms with E-state index in [2.05, 4.69) is 12.2 Å². The van der Waals surface area contributed by atoms with Crippen LogP contribution in [0.5, 0.6) is 5.75 Å². The van der Waals surface area contributed by atoms with Crippen molar-refractivity contribution in [2.24, 2.45) is 0 Å². The number of carbonyl (C=O) groups is 2. The second-order valence-electron chi connectivity index (χ2n) is 8.32. The Morgan fingerprint density at radius 2 is 1.68 bits per heavy atom. The molecular formula is C24H32N4O5S. The summed E-state index contributed by atoms with van der Waals surface area (Å²) in [6.45, 7) is 4.45. The Bertz CT molecular complexity index is 1120. The SMILES string of the molecule is CCc1ccc(C(=O)N2CCN(CC(=O)Nc3ccc(OC)c(S(=O)(=O)N(C)C)c3)CC2)cc1. The molecule has 0 radical (unpaired) electrons. The van der Waals surface area contributed by atoms with E-state index in [1.165, 1.54) is 38.9 Å². The van der Waals surface area contributed by atoms with E-state index in [4.69, 9.17) is 4.74 Å². The van der Waals surface area contributed by atoms with Crippen LogP contribution in [0.25, 0.3) is 0 Å². The first-order valence-electron chi connectivity index (χ1n) is 11.2. The Morgan fingerprint density at radius 3 is 2.24 bits per heavy atom. The fourth-order valence-corrected chi connectivity index (χ4v) is 4.81. The monoisotopic (exact) mass is 488 g/mol. The van der Waals surface area contributed by atoms with E-state index in [0.717, 1.165) is 10.7 Å². The molecule has 1 heterocycles. The van der Waals surface area contributed by atoms with Crippen LogP contribution < -0.4 is 10.1 Å². The highest BCUT2D eigenvalue weighted by atomic mass is 32.2. The molecule has 0 spiro atoms. The number of rotatable bonds is 8. The number of carbonyl (C=O) groups excluding carboxylic acids is 2. The van der Waals surface area contributed by atoms with Crippen molar-refractivity contribution in [1.29, 1.82) is 0 Å². The van der Waals surface area contributed by atoms with Gasteiger partial charge >= 0.3 is 0 Å². The van der Waals surface area contributed by atoms with Crippen molar-refractivity contribution in [2.45, 2.75) is 18.2 Å². The van der Waals surface area contributed by atoms with Crippen LogP contribution in [0.4, 0.5) is 5.69 Å². The molecule has 0 bridgehead atoms. The van der Waals surface area contributed by atoms with E-state index in [-0.39, 0.29) is 29.0 Å². The van der Waals surface area contributed by atoms with Gasteiger partial charge in [-0.05, 0) is 42.3 Å². The first-order valence-corrected chi connectivity index (χ1v) is 12.6. The molecule has 0 aliphatic carbocycles. The second kappa shape index (κ2) is 11.0. The Balaban J connectivity index is 1.57. The molecule has 1 fully saturated rings. The van der Waals surface area contributed by atoms with Crippen molar-refractivity contribution in [3.8, 4) is 5.75 Å². The molecule has 1 N–H and O–H groups in total. The summed E-state index contributed by atoms with van der Waals surface area (Å²) < 4.78 is 31.4. The van der Waals surface area contributed by atoms with Gasteiger partial charge in [0.05, 0.1) is 13.7 Å². The van der Waals surface area contributed by atoms with Crippen LogP contribution in [0.15, 0.2) is 47.4 Å². The van der Waals surface area contributed by atoms with Gasteiger partial charge in [0.25, 0.3) is 5.91 Å². The number of hydrogen-bond donors (Lipinski definition) is 1. The van der Waals surface area contributed by atoms with Crippen LogP contribution in [-0.4, -0.2) is 88.3 Å². The maximum absolute atomic E-state index is 12.7. The Labute approximate surface area is 201 Å². The minimum absolute atomic E-state index is 0.000353. The van der Waals surface area contributed by atoms with Gasteiger partial charge in [-0.1, -0.05) is 19.1 Å². The molecule has 1 aliphatic heterocycles. The largest absolute Gasteiger partial charge is 0.495 e. The Morgan fingerprint density at radius 1 is 1.03 bits per heavy atom. The summed E-state index contributed by atoms with van der Waals surface area (Å²) >= 11 is 0. The molecule has 9 nitrogen and oxygen atoms in total. The van der Waals surface area contributed by atoms with E-state index >= 15 is 0 Å². The van der Waals surface area contributed by atoms with Crippen molar-refractivity contribution >= 4 is 27.5 Å². The summed E-state index contributed by atoms with van der Waals surface area (Å²) in [6.07, 6.45) is 0.929. The lowest BCUT2D eigenvalue weighted by molar-refractivity contribution is -0.117. The number of methoxy groups -OCH3 is 1. The van der Waals surface area contributed by atoms with Crippen LogP contribution >= 0.6 is 0 Å². The zero-order valence-electron chi connectivity index (χ0n) is 20.1. The predicted octanol–water partition coefficient (Wildman–Crippen LogP) is 1.90. The van der Waals surface area contributed by atoms with E-state index < -0.39 is 10.0 Å². The summed E-state index contributed by atoms with van der Waals surface area (Å²) in [4.78, 5) is 29.1. The first-order chi connectivity index (χ1) is 16.1. The average Bonchev–Trinajstić information content (AvgIpc) is 2.84. The number of nitrogens with zero attached hydrogens (tertiary/aromatic N) is 3. The van der Waals surface area contributed by atoms with Gasteiger partial charge in [-0.25, -0.2) is 12.7 Å². The molecule has 0 saturated carbocycles. The van der Waals surface area contributed by atoms with E-state index in [0.29, 0.717) is 37.4 Å². The third-order valence-electron chi connectivity index (χ3n) is 5.84. The second-order valence-corrected chi connectivity index (χ2v) is 10.4. The van der Waals surface area contributed by atoms with Gasteiger partial charge in [0.1, 0.15) is 10.6 Å². The molecule has 10 heteroatoms. The van der Waals surface area contributed by atoms with E-state index in [1.54, 1.807) is 11.0 Å². The molecule has 2 amide bonds. The third-order valence-corrected chi connectivity index (χ3v) is 7.68. The fourth-order valence-electron chi connectivity index (χ4n) is 3.73. The van der Waals surface area contributed by atoms with Gasteiger partial charge in [-0.15, -0.1) is 0 Å². The van der Waals surface area contributed by atoms with Crippen molar-refractivity contribution < 1.29 is 22.7 Å². The van der Waals surface area contributed by atoms with Crippen LogP contribution in [-0.2, 0) is 21.2 Å². The van der Waals surface area contributed by atoms with Crippen molar-refractivity contribution in [1.82, 2.24) is 14.1 Å². The third kappa shape index (κ3) is 5.94. The van der Waals surface area contributed by atoms with Crippen molar-refractivity contribution in [3.63, 3.8) is 0 Å². The fraction of sp³-hybridized carbons (Fsp3) is 0.417. The number of aryl methyl sites for hydroxylation is 1. The molecular weight excluding hydrogens is 456 g/mol. The lowest BCUT2D eigenvalue weighted by atomic mass is 10.1. The molecule has 2 aromatic carbocycles. The van der Waals surface area contributed by atoms with Gasteiger partial charge in [0.2, 0.25) is 15.9 Å². The van der Waals surface area contributed by atoms with Crippen molar-refractivity contribution in [2.75, 3.05) is 59.2 Å². The summed E-state index contributed by atoms with van der Waals surface area (Å²) in [7, 11) is 0.529. The highest BCUT2D eigenvalue weighted by Crippen LogP contribution is 2.28. The predicted molar refractivity (Wildman–Crippen MR) is 131 cm³/mol. The zero-order chi connectivity index (χ0) is 24.9. The first kappa shape index (κ1) is 25.7. The molecule has 0 atom stereocenters.